The summed E-state index contributed by atoms with van der Waals surface area (Å²) in [6, 6.07) is 19.6. The zero-order valence-electron chi connectivity index (χ0n) is 27.1. The number of carbonyl (C=O) groups excluding carboxylic acids is 4. The third kappa shape index (κ3) is 9.14. The van der Waals surface area contributed by atoms with Gasteiger partial charge in [-0.2, -0.15) is 0 Å². The predicted molar refractivity (Wildman–Crippen MR) is 187 cm³/mol. The van der Waals surface area contributed by atoms with Gasteiger partial charge in [-0.15, -0.1) is 0 Å². The summed E-state index contributed by atoms with van der Waals surface area (Å²) in [6.07, 6.45) is 6.01. The van der Waals surface area contributed by atoms with Gasteiger partial charge in [0.05, 0.1) is 23.8 Å². The minimum Gasteiger partial charge on any atom is -0.493 e. The van der Waals surface area contributed by atoms with Crippen molar-refractivity contribution in [3.8, 4) is 69.1 Å². The van der Waals surface area contributed by atoms with Crippen molar-refractivity contribution >= 4 is 23.9 Å². The molecule has 9 nitrogen and oxygen atoms in total. The van der Waals surface area contributed by atoms with Gasteiger partial charge in [0.15, 0.2) is 17.3 Å². The van der Waals surface area contributed by atoms with Crippen LogP contribution in [0.4, 0.5) is 4.39 Å². The second-order valence-electron chi connectivity index (χ2n) is 9.91. The van der Waals surface area contributed by atoms with Crippen molar-refractivity contribution in [2.24, 2.45) is 0 Å². The number of esters is 4. The van der Waals surface area contributed by atoms with E-state index < -0.39 is 29.7 Å². The molecule has 51 heavy (non-hydrogen) atoms. The molecular weight excluding hydrogens is 655 g/mol. The Labute approximate surface area is 292 Å². The highest BCUT2D eigenvalue weighted by molar-refractivity contribution is 5.90. The first-order valence-electron chi connectivity index (χ1n) is 14.8. The molecule has 252 valence electrons. The van der Waals surface area contributed by atoms with Crippen LogP contribution in [0.3, 0.4) is 0 Å². The molecule has 4 aromatic rings. The van der Waals surface area contributed by atoms with Crippen LogP contribution in [0, 0.1) is 29.7 Å². The molecule has 4 rings (SSSR count). The zero-order valence-corrected chi connectivity index (χ0v) is 27.1. The summed E-state index contributed by atoms with van der Waals surface area (Å²) in [7, 11) is 1.21. The molecule has 0 N–H and O–H groups in total. The van der Waals surface area contributed by atoms with E-state index in [0.717, 1.165) is 35.4 Å². The minimum absolute atomic E-state index is 0.0497. The van der Waals surface area contributed by atoms with Gasteiger partial charge in [-0.3, -0.25) is 0 Å². The smallest absolute Gasteiger partial charge is 0.344 e. The lowest BCUT2D eigenvalue weighted by atomic mass is 9.95. The van der Waals surface area contributed by atoms with Crippen molar-refractivity contribution in [3.05, 3.63) is 146 Å². The Balaban J connectivity index is 1.86. The van der Waals surface area contributed by atoms with Crippen LogP contribution in [0.15, 0.2) is 123 Å². The Morgan fingerprint density at radius 3 is 1.53 bits per heavy atom. The molecule has 0 atom stereocenters. The van der Waals surface area contributed by atoms with Crippen molar-refractivity contribution in [3.63, 3.8) is 0 Å². The fourth-order valence-electron chi connectivity index (χ4n) is 4.38. The average molecular weight is 683 g/mol. The van der Waals surface area contributed by atoms with Gasteiger partial charge in [-0.25, -0.2) is 23.6 Å². The summed E-state index contributed by atoms with van der Waals surface area (Å²) in [6.45, 7) is 13.5. The van der Waals surface area contributed by atoms with E-state index in [1.807, 2.05) is 0 Å². The molecule has 0 saturated carbocycles. The van der Waals surface area contributed by atoms with Crippen LogP contribution < -0.4 is 18.9 Å². The summed E-state index contributed by atoms with van der Waals surface area (Å²) >= 11 is 0. The second kappa shape index (κ2) is 17.1. The molecular formula is C41H27FO9. The van der Waals surface area contributed by atoms with Gasteiger partial charge in [-0.05, 0) is 59.0 Å². The van der Waals surface area contributed by atoms with E-state index in [0.29, 0.717) is 11.3 Å². The van der Waals surface area contributed by atoms with Crippen LogP contribution in [-0.2, 0) is 23.9 Å². The zero-order chi connectivity index (χ0) is 36.9. The molecule has 0 aromatic heterocycles. The van der Waals surface area contributed by atoms with Crippen LogP contribution in [0.2, 0.25) is 0 Å². The van der Waals surface area contributed by atoms with E-state index in [1.165, 1.54) is 31.4 Å². The van der Waals surface area contributed by atoms with Gasteiger partial charge >= 0.3 is 23.9 Å². The number of carbonyl (C=O) groups is 4. The largest absolute Gasteiger partial charge is 0.493 e. The van der Waals surface area contributed by atoms with Gasteiger partial charge in [0.1, 0.15) is 17.6 Å². The lowest BCUT2D eigenvalue weighted by Crippen LogP contribution is -2.10. The topological polar surface area (TPSA) is 114 Å². The Morgan fingerprint density at radius 2 is 1.04 bits per heavy atom. The molecule has 0 unspecified atom stereocenters. The fraction of sp³-hybridized carbons (Fsp3) is 0.0244. The number of rotatable bonds is 10. The maximum atomic E-state index is 16.5. The second-order valence-corrected chi connectivity index (χ2v) is 9.91. The normalized spacial score (nSPS) is 9.69. The van der Waals surface area contributed by atoms with E-state index in [1.54, 1.807) is 48.5 Å². The lowest BCUT2D eigenvalue weighted by Gasteiger charge is -2.18. The van der Waals surface area contributed by atoms with Crippen molar-refractivity contribution in [2.75, 3.05) is 7.11 Å². The maximum absolute atomic E-state index is 16.5. The highest BCUT2D eigenvalue weighted by atomic mass is 19.1. The van der Waals surface area contributed by atoms with Crippen molar-refractivity contribution in [1.82, 2.24) is 0 Å². The van der Waals surface area contributed by atoms with E-state index in [9.17, 15) is 19.2 Å². The molecule has 0 aliphatic rings. The summed E-state index contributed by atoms with van der Waals surface area (Å²) in [4.78, 5) is 47.5. The Bertz CT molecular complexity index is 2170. The Hall–Kier alpha value is -7.43. The van der Waals surface area contributed by atoms with Crippen LogP contribution in [0.5, 0.6) is 23.0 Å². The number of hydrogen-bond acceptors (Lipinski definition) is 9. The Kier molecular flexibility index (Phi) is 12.2. The van der Waals surface area contributed by atoms with Gasteiger partial charge in [0.2, 0.25) is 0 Å². The molecule has 0 aliphatic carbocycles. The van der Waals surface area contributed by atoms with E-state index >= 15 is 4.39 Å². The van der Waals surface area contributed by atoms with Crippen molar-refractivity contribution in [2.45, 2.75) is 0 Å². The quantitative estimate of drug-likeness (QED) is 0.0764. The fourth-order valence-corrected chi connectivity index (χ4v) is 4.38. The Morgan fingerprint density at radius 1 is 0.569 bits per heavy atom. The first-order chi connectivity index (χ1) is 24.6. The standard InChI is InChI=1S/C41H27FO9/c1-6-34(43)48-25-24-33-32(23-12-26-10-13-27(14-11-26)28-15-19-30(20-16-28)49-35(44)7-2)39(42)41(47-5)38(40(33)51-37(46)9-4)29-17-21-31(22-18-29)50-36(45)8-3/h6-11,13-22H,1-4H2,5H3. The monoisotopic (exact) mass is 682 g/mol. The summed E-state index contributed by atoms with van der Waals surface area (Å²) < 4.78 is 42.6. The van der Waals surface area contributed by atoms with Crippen LogP contribution in [0.25, 0.3) is 22.3 Å². The lowest BCUT2D eigenvalue weighted by molar-refractivity contribution is -0.131. The highest BCUT2D eigenvalue weighted by Crippen LogP contribution is 2.45. The molecule has 0 aliphatic heterocycles. The number of ether oxygens (including phenoxy) is 5. The van der Waals surface area contributed by atoms with Crippen LogP contribution >= 0.6 is 0 Å². The maximum Gasteiger partial charge on any atom is 0.344 e. The molecule has 0 saturated heterocycles. The molecule has 0 fully saturated rings. The first kappa shape index (κ1) is 36.4. The molecule has 4 aromatic carbocycles. The number of benzene rings is 4. The molecule has 10 heteroatoms. The summed E-state index contributed by atoms with van der Waals surface area (Å²) in [5.41, 5.74) is 1.75. The highest BCUT2D eigenvalue weighted by Gasteiger charge is 2.28. The van der Waals surface area contributed by atoms with E-state index in [4.69, 9.17) is 23.7 Å². The average Bonchev–Trinajstić information content (AvgIpc) is 3.15. The molecule has 0 amide bonds. The SMILES string of the molecule is C=CC(=O)OC#Cc1c(C#Cc2ccc(-c3ccc(OC(=O)C=C)cc3)cc2)c(F)c(OC)c(-c2ccc(OC(=O)C=C)cc2)c1OC(=O)C=C. The first-order valence-corrected chi connectivity index (χ1v) is 14.8. The third-order valence-corrected chi connectivity index (χ3v) is 6.74. The predicted octanol–water partition coefficient (Wildman–Crippen LogP) is 6.88. The van der Waals surface area contributed by atoms with Gasteiger partial charge in [0.25, 0.3) is 0 Å². The number of methoxy groups -OCH3 is 1. The summed E-state index contributed by atoms with van der Waals surface area (Å²) in [5, 5.41) is 0. The number of hydrogen-bond donors (Lipinski definition) is 0. The van der Waals surface area contributed by atoms with Crippen LogP contribution in [-0.4, -0.2) is 31.0 Å². The van der Waals surface area contributed by atoms with Gasteiger partial charge in [0, 0.05) is 29.9 Å². The van der Waals surface area contributed by atoms with Crippen molar-refractivity contribution in [1.29, 1.82) is 0 Å². The van der Waals surface area contributed by atoms with E-state index in [-0.39, 0.29) is 39.5 Å². The van der Waals surface area contributed by atoms with Crippen LogP contribution in [0.1, 0.15) is 16.7 Å². The number of halogens is 1. The van der Waals surface area contributed by atoms with E-state index in [2.05, 4.69) is 50.2 Å². The molecule has 0 heterocycles. The third-order valence-electron chi connectivity index (χ3n) is 6.74. The molecule has 0 radical (unpaired) electrons. The minimum atomic E-state index is -0.964. The summed E-state index contributed by atoms with van der Waals surface area (Å²) in [5.74, 6) is 4.02. The van der Waals surface area contributed by atoms with Gasteiger partial charge < -0.3 is 23.7 Å². The van der Waals surface area contributed by atoms with Gasteiger partial charge in [-0.1, -0.05) is 74.6 Å². The van der Waals surface area contributed by atoms with Crippen molar-refractivity contribution < 1.29 is 47.3 Å². The molecule has 0 spiro atoms. The molecule has 0 bridgehead atoms.